The summed E-state index contributed by atoms with van der Waals surface area (Å²) in [4.78, 5) is 13.8. The highest BCUT2D eigenvalue weighted by atomic mass is 19.4. The van der Waals surface area contributed by atoms with Crippen LogP contribution in [0.3, 0.4) is 0 Å². The smallest absolute Gasteiger partial charge is 0.327 e. The summed E-state index contributed by atoms with van der Waals surface area (Å²) >= 11 is 0. The summed E-state index contributed by atoms with van der Waals surface area (Å²) in [5.41, 5.74) is 0.187. The lowest BCUT2D eigenvalue weighted by molar-refractivity contribution is -0.137. The van der Waals surface area contributed by atoms with Crippen LogP contribution in [0.25, 0.3) is 0 Å². The molecule has 134 valence electrons. The van der Waals surface area contributed by atoms with E-state index in [-0.39, 0.29) is 18.3 Å². The molecule has 0 N–H and O–H groups in total. The highest BCUT2D eigenvalue weighted by Gasteiger charge is 2.37. The van der Waals surface area contributed by atoms with Crippen molar-refractivity contribution in [1.82, 2.24) is 9.78 Å². The molecular weight excluding hydrogens is 335 g/mol. The van der Waals surface area contributed by atoms with Crippen molar-refractivity contribution in [2.24, 2.45) is 0 Å². The van der Waals surface area contributed by atoms with Crippen molar-refractivity contribution in [3.8, 4) is 0 Å². The number of anilines is 1. The molecule has 1 aliphatic rings. The van der Waals surface area contributed by atoms with E-state index in [0.717, 1.165) is 24.2 Å². The van der Waals surface area contributed by atoms with Crippen molar-refractivity contribution in [1.29, 1.82) is 0 Å². The summed E-state index contributed by atoms with van der Waals surface area (Å²) in [5.74, 6) is -0.199. The molecule has 0 bridgehead atoms. The van der Waals surface area contributed by atoms with Crippen LogP contribution >= 0.6 is 0 Å². The van der Waals surface area contributed by atoms with Gasteiger partial charge < -0.3 is 4.74 Å². The van der Waals surface area contributed by atoms with Gasteiger partial charge in [-0.1, -0.05) is 19.9 Å². The predicted octanol–water partition coefficient (Wildman–Crippen LogP) is 3.93. The van der Waals surface area contributed by atoms with Crippen LogP contribution in [0.1, 0.15) is 43.7 Å². The maximum atomic E-state index is 12.9. The van der Waals surface area contributed by atoms with E-state index < -0.39 is 23.9 Å². The number of hydrogen-bond acceptors (Lipinski definition) is 3. The van der Waals surface area contributed by atoms with Gasteiger partial charge in [-0.25, -0.2) is 4.68 Å². The minimum Gasteiger partial charge on any atom is -0.327 e. The zero-order chi connectivity index (χ0) is 18.2. The van der Waals surface area contributed by atoms with Gasteiger partial charge in [-0.3, -0.25) is 9.69 Å². The molecule has 8 heteroatoms. The maximum Gasteiger partial charge on any atom is 0.416 e. The average molecular weight is 353 g/mol. The van der Waals surface area contributed by atoms with Crippen molar-refractivity contribution in [3.63, 3.8) is 0 Å². The quantitative estimate of drug-likeness (QED) is 0.837. The fraction of sp³-hybridized carbons (Fsp3) is 0.412. The normalized spacial score (nSPS) is 19.5. The second kappa shape index (κ2) is 6.51. The van der Waals surface area contributed by atoms with Crippen LogP contribution in [0.15, 0.2) is 36.5 Å². The van der Waals surface area contributed by atoms with Gasteiger partial charge in [0.25, 0.3) is 5.91 Å². The first-order valence-electron chi connectivity index (χ1n) is 7.96. The molecule has 5 nitrogen and oxygen atoms in total. The van der Waals surface area contributed by atoms with E-state index in [1.54, 1.807) is 6.20 Å². The third-order valence-corrected chi connectivity index (χ3v) is 4.31. The molecule has 2 heterocycles. The van der Waals surface area contributed by atoms with E-state index in [0.29, 0.717) is 0 Å². The zero-order valence-electron chi connectivity index (χ0n) is 13.8. The number of ether oxygens (including phenoxy) is 1. The molecule has 0 saturated carbocycles. The fourth-order valence-electron chi connectivity index (χ4n) is 2.61. The van der Waals surface area contributed by atoms with Gasteiger partial charge in [0.2, 0.25) is 6.23 Å². The first-order chi connectivity index (χ1) is 11.8. The molecule has 0 spiro atoms. The van der Waals surface area contributed by atoms with E-state index in [9.17, 15) is 18.0 Å². The molecule has 1 saturated heterocycles. The van der Waals surface area contributed by atoms with Gasteiger partial charge in [0.15, 0.2) is 0 Å². The van der Waals surface area contributed by atoms with E-state index in [1.165, 1.54) is 21.7 Å². The third kappa shape index (κ3) is 3.39. The summed E-state index contributed by atoms with van der Waals surface area (Å²) < 4.78 is 45.5. The Labute approximate surface area is 143 Å². The molecule has 2 unspecified atom stereocenters. The van der Waals surface area contributed by atoms with Crippen molar-refractivity contribution >= 4 is 11.6 Å². The lowest BCUT2D eigenvalue weighted by atomic mass is 10.1. The molecule has 2 atom stereocenters. The van der Waals surface area contributed by atoms with Crippen molar-refractivity contribution in [2.75, 3.05) is 11.6 Å². The number of alkyl halides is 3. The van der Waals surface area contributed by atoms with E-state index >= 15 is 0 Å². The molecule has 0 radical (unpaired) electrons. The molecule has 1 amide bonds. The predicted molar refractivity (Wildman–Crippen MR) is 84.9 cm³/mol. The topological polar surface area (TPSA) is 47.4 Å². The summed E-state index contributed by atoms with van der Waals surface area (Å²) in [6, 6.07) is 6.45. The molecule has 1 fully saturated rings. The number of amides is 1. The number of aromatic nitrogens is 2. The third-order valence-electron chi connectivity index (χ3n) is 4.31. The molecule has 0 aliphatic carbocycles. The second-order valence-corrected chi connectivity index (χ2v) is 5.99. The fourth-order valence-corrected chi connectivity index (χ4v) is 2.61. The number of halogens is 3. The average Bonchev–Trinajstić information content (AvgIpc) is 3.20. The van der Waals surface area contributed by atoms with Gasteiger partial charge in [-0.05, 0) is 36.6 Å². The Bertz CT molecular complexity index is 772. The molecule has 1 aromatic carbocycles. The highest BCUT2D eigenvalue weighted by Crippen LogP contribution is 2.33. The molecule has 2 aromatic rings. The van der Waals surface area contributed by atoms with Crippen LogP contribution in [-0.2, 0) is 15.7 Å². The maximum absolute atomic E-state index is 12.9. The molecule has 1 aromatic heterocycles. The Morgan fingerprint density at radius 2 is 2.12 bits per heavy atom. The number of carbonyl (C=O) groups is 1. The standard InChI is InChI=1S/C17H18F3N3O2/c1-3-11(2)14-7-8-23(21-14)16-15(24)22(10-25-16)13-6-4-5-12(9-13)17(18,19)20/h4-9,11,16H,3,10H2,1-2H3. The number of carbonyl (C=O) groups excluding carboxylic acids is 1. The van der Waals surface area contributed by atoms with Gasteiger partial charge in [0.1, 0.15) is 6.73 Å². The largest absolute Gasteiger partial charge is 0.416 e. The van der Waals surface area contributed by atoms with E-state index in [1.807, 2.05) is 19.9 Å². The first-order valence-corrected chi connectivity index (χ1v) is 7.96. The van der Waals surface area contributed by atoms with Crippen LogP contribution in [-0.4, -0.2) is 22.4 Å². The SMILES string of the molecule is CCC(C)c1ccn(C2OCN(c3cccc(C(F)(F)F)c3)C2=O)n1. The first kappa shape index (κ1) is 17.5. The van der Waals surface area contributed by atoms with Crippen LogP contribution in [0, 0.1) is 0 Å². The molecule has 1 aliphatic heterocycles. The van der Waals surface area contributed by atoms with Crippen LogP contribution < -0.4 is 4.90 Å². The van der Waals surface area contributed by atoms with Gasteiger partial charge >= 0.3 is 6.18 Å². The Morgan fingerprint density at radius 1 is 1.36 bits per heavy atom. The van der Waals surface area contributed by atoms with Gasteiger partial charge in [-0.2, -0.15) is 18.3 Å². The van der Waals surface area contributed by atoms with E-state index in [4.69, 9.17) is 4.74 Å². The number of rotatable bonds is 4. The molecular formula is C17H18F3N3O2. The zero-order valence-corrected chi connectivity index (χ0v) is 13.8. The van der Waals surface area contributed by atoms with Crippen LogP contribution in [0.2, 0.25) is 0 Å². The number of hydrogen-bond donors (Lipinski definition) is 0. The Kier molecular flexibility index (Phi) is 4.55. The summed E-state index contributed by atoms with van der Waals surface area (Å²) in [6.45, 7) is 3.94. The van der Waals surface area contributed by atoms with Gasteiger partial charge in [0.05, 0.1) is 11.3 Å². The monoisotopic (exact) mass is 353 g/mol. The Morgan fingerprint density at radius 3 is 2.80 bits per heavy atom. The number of benzene rings is 1. The van der Waals surface area contributed by atoms with Crippen molar-refractivity contribution in [3.05, 3.63) is 47.8 Å². The Balaban J connectivity index is 1.81. The number of nitrogens with zero attached hydrogens (tertiary/aromatic N) is 3. The molecule has 3 rings (SSSR count). The van der Waals surface area contributed by atoms with E-state index in [2.05, 4.69) is 5.10 Å². The van der Waals surface area contributed by atoms with Crippen molar-refractivity contribution in [2.45, 2.75) is 38.6 Å². The minimum absolute atomic E-state index is 0.122. The van der Waals surface area contributed by atoms with Crippen LogP contribution in [0.4, 0.5) is 18.9 Å². The lowest BCUT2D eigenvalue weighted by Crippen LogP contribution is -2.28. The van der Waals surface area contributed by atoms with Gasteiger partial charge in [-0.15, -0.1) is 0 Å². The molecule has 25 heavy (non-hydrogen) atoms. The van der Waals surface area contributed by atoms with Crippen LogP contribution in [0.5, 0.6) is 0 Å². The lowest BCUT2D eigenvalue weighted by Gasteiger charge is -2.16. The van der Waals surface area contributed by atoms with Gasteiger partial charge in [0, 0.05) is 11.9 Å². The summed E-state index contributed by atoms with van der Waals surface area (Å²) in [5, 5.41) is 4.36. The minimum atomic E-state index is -4.47. The summed E-state index contributed by atoms with van der Waals surface area (Å²) in [7, 11) is 0. The Hall–Kier alpha value is -2.35. The highest BCUT2D eigenvalue weighted by molar-refractivity contribution is 5.96. The van der Waals surface area contributed by atoms with Crippen molar-refractivity contribution < 1.29 is 22.7 Å². The second-order valence-electron chi connectivity index (χ2n) is 5.99. The summed E-state index contributed by atoms with van der Waals surface area (Å²) in [6.07, 6.45) is -2.87.